The maximum atomic E-state index is 14.4. The highest BCUT2D eigenvalue weighted by atomic mass is 32.2. The standard InChI is InChI=1S/C28H27FN6O4S.C21H25N5O4S/c1-16-27(17(2)39-32-16)19-4-5-24-23(12-19)31-28(35(24)21-8-9-33(15-21)40(3,37)38)25-6-7-26(36)34(25)22-11-18(14-30)10-20(29)13-22;1-12-20(13(2)30-24-12)14-4-6-18-17(10-14)23-21(16-5-7-19(27)22-16)26(18)15-8-9-25(11-15)31(3,28)29/h4-5,10-13,21,25H,6-9,15H2,1-3H3;4,6,10,15-16H,5,7-9,11H2,1-3H3,(H,22,27)/t21-,25+;15-,16+/m11/s1. The highest BCUT2D eigenvalue weighted by Gasteiger charge is 2.41. The Morgan fingerprint density at radius 3 is 1.70 bits per heavy atom. The van der Waals surface area contributed by atoms with Gasteiger partial charge >= 0.3 is 0 Å². The summed E-state index contributed by atoms with van der Waals surface area (Å²) in [4.78, 5) is 36.5. The fraction of sp³-hybridized carbons (Fsp3) is 0.408. The van der Waals surface area contributed by atoms with Gasteiger partial charge in [0.05, 0.1) is 81.8 Å². The van der Waals surface area contributed by atoms with Gasteiger partial charge in [-0.1, -0.05) is 22.4 Å². The first-order valence-corrected chi connectivity index (χ1v) is 27.1. The van der Waals surface area contributed by atoms with E-state index in [1.165, 1.54) is 38.2 Å². The third-order valence-corrected chi connectivity index (χ3v) is 16.6. The van der Waals surface area contributed by atoms with Gasteiger partial charge in [0.25, 0.3) is 0 Å². The van der Waals surface area contributed by atoms with E-state index in [0.29, 0.717) is 74.5 Å². The molecule has 1 N–H and O–H groups in total. The van der Waals surface area contributed by atoms with Crippen molar-refractivity contribution < 1.29 is 39.9 Å². The Morgan fingerprint density at radius 1 is 0.704 bits per heavy atom. The number of amides is 2. The molecule has 370 valence electrons. The number of nitrogens with zero attached hydrogens (tertiary/aromatic N) is 10. The number of fused-ring (bicyclic) bond motifs is 2. The molecular weight excluding hydrogens is 954 g/mol. The summed E-state index contributed by atoms with van der Waals surface area (Å²) in [5.41, 5.74) is 8.91. The van der Waals surface area contributed by atoms with E-state index in [-0.39, 0.29) is 48.5 Å². The van der Waals surface area contributed by atoms with Crippen molar-refractivity contribution in [2.75, 3.05) is 43.6 Å². The average molecular weight is 1010 g/mol. The molecule has 22 heteroatoms. The van der Waals surface area contributed by atoms with Crippen molar-refractivity contribution in [2.45, 2.75) is 90.4 Å². The molecule has 3 aromatic carbocycles. The molecule has 2 amide bonds. The van der Waals surface area contributed by atoms with Crippen molar-refractivity contribution in [3.8, 4) is 28.3 Å². The number of carbonyl (C=O) groups excluding carboxylic acids is 2. The third-order valence-electron chi connectivity index (χ3n) is 14.1. The first-order valence-electron chi connectivity index (χ1n) is 23.4. The van der Waals surface area contributed by atoms with Crippen LogP contribution < -0.4 is 10.2 Å². The molecule has 4 fully saturated rings. The lowest BCUT2D eigenvalue weighted by Crippen LogP contribution is -2.31. The van der Waals surface area contributed by atoms with E-state index >= 15 is 0 Å². The third kappa shape index (κ3) is 8.89. The van der Waals surface area contributed by atoms with E-state index in [4.69, 9.17) is 19.0 Å². The lowest BCUT2D eigenvalue weighted by Gasteiger charge is -2.27. The Kier molecular flexibility index (Phi) is 12.2. The van der Waals surface area contributed by atoms with E-state index in [0.717, 1.165) is 67.8 Å². The summed E-state index contributed by atoms with van der Waals surface area (Å²) in [7, 11) is -6.64. The quantitative estimate of drug-likeness (QED) is 0.156. The predicted octanol–water partition coefficient (Wildman–Crippen LogP) is 6.86. The molecule has 0 unspecified atom stereocenters. The van der Waals surface area contributed by atoms with Crippen LogP contribution in [0.5, 0.6) is 0 Å². The molecule has 19 nitrogen and oxygen atoms in total. The molecule has 0 spiro atoms. The van der Waals surface area contributed by atoms with Crippen molar-refractivity contribution >= 4 is 59.6 Å². The summed E-state index contributed by atoms with van der Waals surface area (Å²) < 4.78 is 81.1. The minimum absolute atomic E-state index is 0.0178. The zero-order valence-electron chi connectivity index (χ0n) is 40.0. The molecule has 0 radical (unpaired) electrons. The highest BCUT2D eigenvalue weighted by Crippen LogP contribution is 2.42. The van der Waals surface area contributed by atoms with E-state index in [1.54, 1.807) is 0 Å². The monoisotopic (exact) mass is 1010 g/mol. The molecule has 0 bridgehead atoms. The highest BCUT2D eigenvalue weighted by molar-refractivity contribution is 7.88. The Labute approximate surface area is 409 Å². The maximum Gasteiger partial charge on any atom is 0.227 e. The SMILES string of the molecule is Cc1noc(C)c1-c1ccc2c(c1)nc([C@@H]1CCC(=O)N1)n2[C@@H]1CCN(S(C)(=O)=O)C1.Cc1noc(C)c1-c1ccc2c(c1)nc([C@@H]1CCC(=O)N1c1cc(F)cc(C#N)c1)n2[C@@H]1CCN(S(C)(=O)=O)C1. The number of sulfonamides is 2. The smallest absolute Gasteiger partial charge is 0.227 e. The number of aryl methyl sites for hydroxylation is 4. The summed E-state index contributed by atoms with van der Waals surface area (Å²) in [6, 6.07) is 16.8. The fourth-order valence-electron chi connectivity index (χ4n) is 10.9. The van der Waals surface area contributed by atoms with E-state index in [9.17, 15) is 36.1 Å². The lowest BCUT2D eigenvalue weighted by molar-refractivity contribution is -0.119. The Bertz CT molecular complexity index is 3540. The molecule has 4 aliphatic rings. The molecule has 4 aromatic heterocycles. The van der Waals surface area contributed by atoms with Gasteiger partial charge in [-0.3, -0.25) is 9.59 Å². The zero-order chi connectivity index (χ0) is 50.3. The molecule has 4 aliphatic heterocycles. The van der Waals surface area contributed by atoms with E-state index in [1.807, 2.05) is 74.7 Å². The summed E-state index contributed by atoms with van der Waals surface area (Å²) in [5.74, 6) is 2.03. The largest absolute Gasteiger partial charge is 0.361 e. The number of carbonyl (C=O) groups is 2. The molecule has 71 heavy (non-hydrogen) atoms. The predicted molar refractivity (Wildman–Crippen MR) is 260 cm³/mol. The van der Waals surface area contributed by atoms with E-state index in [2.05, 4.69) is 20.2 Å². The number of hydrogen-bond acceptors (Lipinski definition) is 13. The summed E-state index contributed by atoms with van der Waals surface area (Å²) in [6.07, 6.45) is 5.56. The van der Waals surface area contributed by atoms with Gasteiger partial charge in [0.2, 0.25) is 31.9 Å². The van der Waals surface area contributed by atoms with Crippen LogP contribution in [-0.4, -0.2) is 105 Å². The molecule has 4 saturated heterocycles. The van der Waals surface area contributed by atoms with Crippen molar-refractivity contribution in [3.05, 3.63) is 101 Å². The number of rotatable bonds is 9. The van der Waals surface area contributed by atoms with Crippen LogP contribution in [0.3, 0.4) is 0 Å². The zero-order valence-corrected chi connectivity index (χ0v) is 41.6. The minimum atomic E-state index is -3.39. The number of imidazole rings is 2. The van der Waals surface area contributed by atoms with Gasteiger partial charge in [-0.2, -0.15) is 5.26 Å². The molecule has 0 saturated carbocycles. The van der Waals surface area contributed by atoms with Crippen LogP contribution >= 0.6 is 0 Å². The molecular formula is C49H52FN11O8S2. The van der Waals surface area contributed by atoms with Crippen LogP contribution in [0.25, 0.3) is 44.3 Å². The van der Waals surface area contributed by atoms with Crippen molar-refractivity contribution in [3.63, 3.8) is 0 Å². The van der Waals surface area contributed by atoms with Gasteiger partial charge in [-0.15, -0.1) is 0 Å². The fourth-order valence-corrected chi connectivity index (χ4v) is 12.6. The summed E-state index contributed by atoms with van der Waals surface area (Å²) >= 11 is 0. The molecule has 11 rings (SSSR count). The number of nitrogens with one attached hydrogen (secondary N) is 1. The van der Waals surface area contributed by atoms with Crippen LogP contribution in [0.1, 0.15) is 103 Å². The van der Waals surface area contributed by atoms with Gasteiger partial charge in [-0.25, -0.2) is 39.8 Å². The Balaban J connectivity index is 0.000000169. The normalized spacial score (nSPS) is 21.1. The molecule has 8 heterocycles. The maximum absolute atomic E-state index is 14.4. The van der Waals surface area contributed by atoms with Crippen molar-refractivity contribution in [1.82, 2.24) is 43.3 Å². The Hall–Kier alpha value is -6.80. The van der Waals surface area contributed by atoms with Gasteiger partial charge in [-0.05, 0) is 107 Å². The number of anilines is 1. The minimum Gasteiger partial charge on any atom is -0.361 e. The average Bonchev–Trinajstić information content (AvgIpc) is 4.18. The number of benzene rings is 3. The van der Waals surface area contributed by atoms with Crippen molar-refractivity contribution in [2.24, 2.45) is 0 Å². The van der Waals surface area contributed by atoms with Crippen LogP contribution in [0.15, 0.2) is 63.6 Å². The van der Waals surface area contributed by atoms with Gasteiger partial charge in [0.1, 0.15) is 29.0 Å². The van der Waals surface area contributed by atoms with Crippen LogP contribution in [0.2, 0.25) is 0 Å². The van der Waals surface area contributed by atoms with Crippen molar-refractivity contribution in [1.29, 1.82) is 5.26 Å². The first kappa shape index (κ1) is 47.9. The second-order valence-corrected chi connectivity index (χ2v) is 22.9. The van der Waals surface area contributed by atoms with Crippen LogP contribution in [0.4, 0.5) is 10.1 Å². The van der Waals surface area contributed by atoms with Crippen LogP contribution in [0, 0.1) is 44.8 Å². The topological polar surface area (TPSA) is 236 Å². The Morgan fingerprint density at radius 2 is 1.24 bits per heavy atom. The number of aromatic nitrogens is 6. The summed E-state index contributed by atoms with van der Waals surface area (Å²) in [5, 5.41) is 20.5. The van der Waals surface area contributed by atoms with E-state index < -0.39 is 31.9 Å². The molecule has 4 atom stereocenters. The van der Waals surface area contributed by atoms with Gasteiger partial charge < -0.3 is 28.4 Å². The molecule has 0 aliphatic carbocycles. The first-order chi connectivity index (χ1) is 33.8. The van der Waals surface area contributed by atoms with Gasteiger partial charge in [0, 0.05) is 55.8 Å². The van der Waals surface area contributed by atoms with Crippen LogP contribution in [-0.2, 0) is 29.6 Å². The lowest BCUT2D eigenvalue weighted by atomic mass is 10.0. The van der Waals surface area contributed by atoms with Gasteiger partial charge in [0.15, 0.2) is 0 Å². The second kappa shape index (κ2) is 18.1. The molecule has 7 aromatic rings. The number of hydrogen-bond donors (Lipinski definition) is 1. The number of nitriles is 1. The summed E-state index contributed by atoms with van der Waals surface area (Å²) in [6.45, 7) is 9.06. The number of halogens is 1. The second-order valence-electron chi connectivity index (χ2n) is 18.9.